The molecule has 1 amide bonds. The van der Waals surface area contributed by atoms with Crippen molar-refractivity contribution in [2.45, 2.75) is 25.8 Å². The summed E-state index contributed by atoms with van der Waals surface area (Å²) in [5.74, 6) is -0.744. The van der Waals surface area contributed by atoms with Crippen LogP contribution in [0.1, 0.15) is 30.6 Å². The van der Waals surface area contributed by atoms with E-state index in [1.165, 1.54) is 18.2 Å². The molecule has 0 aromatic heterocycles. The Labute approximate surface area is 108 Å². The van der Waals surface area contributed by atoms with Crippen molar-refractivity contribution in [3.63, 3.8) is 0 Å². The third-order valence-electron chi connectivity index (χ3n) is 2.73. The number of amides is 1. The quantitative estimate of drug-likeness (QED) is 0.898. The molecule has 0 heterocycles. The van der Waals surface area contributed by atoms with Crippen LogP contribution in [-0.4, -0.2) is 23.2 Å². The maximum atomic E-state index is 13.0. The molecule has 0 saturated carbocycles. The van der Waals surface area contributed by atoms with E-state index < -0.39 is 11.4 Å². The van der Waals surface area contributed by atoms with Crippen molar-refractivity contribution in [1.29, 1.82) is 0 Å². The Bertz CT molecular complexity index is 419. The molecule has 0 saturated heterocycles. The third kappa shape index (κ3) is 3.51. The van der Waals surface area contributed by atoms with E-state index in [-0.39, 0.29) is 17.0 Å². The SMILES string of the molecule is CC[C@](C)(CO)NC(=O)c1ccc(F)c(Br)c1. The van der Waals surface area contributed by atoms with Gasteiger partial charge in [-0.2, -0.15) is 0 Å². The van der Waals surface area contributed by atoms with Gasteiger partial charge in [-0.3, -0.25) is 4.79 Å². The molecule has 0 bridgehead atoms. The molecule has 3 nitrogen and oxygen atoms in total. The molecular formula is C12H15BrFNO2. The summed E-state index contributed by atoms with van der Waals surface area (Å²) in [7, 11) is 0. The molecule has 0 aliphatic rings. The molecule has 5 heteroatoms. The second-order valence-corrected chi connectivity index (χ2v) is 5.01. The van der Waals surface area contributed by atoms with Crippen molar-refractivity contribution in [1.82, 2.24) is 5.32 Å². The topological polar surface area (TPSA) is 49.3 Å². The largest absolute Gasteiger partial charge is 0.394 e. The highest BCUT2D eigenvalue weighted by molar-refractivity contribution is 9.10. The first-order valence-corrected chi connectivity index (χ1v) is 6.09. The normalized spacial score (nSPS) is 14.2. The van der Waals surface area contributed by atoms with Gasteiger partial charge in [0, 0.05) is 5.56 Å². The van der Waals surface area contributed by atoms with Crippen LogP contribution in [-0.2, 0) is 0 Å². The lowest BCUT2D eigenvalue weighted by Crippen LogP contribution is -2.48. The summed E-state index contributed by atoms with van der Waals surface area (Å²) in [6.45, 7) is 3.48. The molecule has 0 aliphatic heterocycles. The second-order valence-electron chi connectivity index (χ2n) is 4.16. The van der Waals surface area contributed by atoms with Crippen LogP contribution in [0, 0.1) is 5.82 Å². The minimum absolute atomic E-state index is 0.141. The molecular weight excluding hydrogens is 289 g/mol. The van der Waals surface area contributed by atoms with Crippen LogP contribution >= 0.6 is 15.9 Å². The van der Waals surface area contributed by atoms with Crippen LogP contribution in [0.15, 0.2) is 22.7 Å². The van der Waals surface area contributed by atoms with Gasteiger partial charge < -0.3 is 10.4 Å². The zero-order chi connectivity index (χ0) is 13.1. The van der Waals surface area contributed by atoms with Gasteiger partial charge in [-0.05, 0) is 47.5 Å². The van der Waals surface area contributed by atoms with Crippen molar-refractivity contribution in [3.05, 3.63) is 34.1 Å². The first-order valence-electron chi connectivity index (χ1n) is 5.30. The van der Waals surface area contributed by atoms with Gasteiger partial charge in [0.05, 0.1) is 16.6 Å². The highest BCUT2D eigenvalue weighted by Gasteiger charge is 2.23. The van der Waals surface area contributed by atoms with E-state index in [2.05, 4.69) is 21.2 Å². The Morgan fingerprint density at radius 1 is 1.59 bits per heavy atom. The molecule has 1 rings (SSSR count). The molecule has 17 heavy (non-hydrogen) atoms. The first kappa shape index (κ1) is 14.1. The van der Waals surface area contributed by atoms with Crippen LogP contribution < -0.4 is 5.32 Å². The smallest absolute Gasteiger partial charge is 0.251 e. The number of carbonyl (C=O) groups excluding carboxylic acids is 1. The van der Waals surface area contributed by atoms with Crippen LogP contribution in [0.5, 0.6) is 0 Å². The molecule has 2 N–H and O–H groups in total. The number of rotatable bonds is 4. The fourth-order valence-electron chi connectivity index (χ4n) is 1.22. The molecule has 1 aromatic rings. The van der Waals surface area contributed by atoms with Gasteiger partial charge in [-0.25, -0.2) is 4.39 Å². The van der Waals surface area contributed by atoms with Gasteiger partial charge >= 0.3 is 0 Å². The monoisotopic (exact) mass is 303 g/mol. The molecule has 1 aromatic carbocycles. The third-order valence-corrected chi connectivity index (χ3v) is 3.33. The Morgan fingerprint density at radius 2 is 2.24 bits per heavy atom. The van der Waals surface area contributed by atoms with Crippen molar-refractivity contribution >= 4 is 21.8 Å². The van der Waals surface area contributed by atoms with Gasteiger partial charge in [0.2, 0.25) is 0 Å². The van der Waals surface area contributed by atoms with Crippen LogP contribution in [0.2, 0.25) is 0 Å². The first-order chi connectivity index (χ1) is 7.91. The molecule has 94 valence electrons. The van der Waals surface area contributed by atoms with Crippen molar-refractivity contribution in [3.8, 4) is 0 Å². The molecule has 0 fully saturated rings. The molecule has 0 aliphatic carbocycles. The van der Waals surface area contributed by atoms with Gasteiger partial charge in [-0.1, -0.05) is 6.92 Å². The number of hydrogen-bond acceptors (Lipinski definition) is 2. The number of nitrogens with one attached hydrogen (secondary N) is 1. The zero-order valence-electron chi connectivity index (χ0n) is 9.76. The summed E-state index contributed by atoms with van der Waals surface area (Å²) in [6, 6.07) is 4.04. The standard InChI is InChI=1S/C12H15BrFNO2/c1-3-12(2,7-16)15-11(17)8-4-5-10(14)9(13)6-8/h4-6,16H,3,7H2,1-2H3,(H,15,17)/t12-/m1/s1. The summed E-state index contributed by atoms with van der Waals surface area (Å²) in [6.07, 6.45) is 0.609. The predicted molar refractivity (Wildman–Crippen MR) is 67.3 cm³/mol. The fourth-order valence-corrected chi connectivity index (χ4v) is 1.60. The summed E-state index contributed by atoms with van der Waals surface area (Å²) >= 11 is 3.02. The summed E-state index contributed by atoms with van der Waals surface area (Å²) in [5, 5.41) is 11.9. The van der Waals surface area contributed by atoms with Crippen LogP contribution in [0.25, 0.3) is 0 Å². The van der Waals surface area contributed by atoms with Crippen molar-refractivity contribution in [2.24, 2.45) is 0 Å². The Balaban J connectivity index is 2.86. The number of hydrogen-bond donors (Lipinski definition) is 2. The van der Waals surface area contributed by atoms with Gasteiger partial charge in [0.15, 0.2) is 0 Å². The summed E-state index contributed by atoms with van der Waals surface area (Å²) in [5.41, 5.74) is -0.302. The average molecular weight is 304 g/mol. The summed E-state index contributed by atoms with van der Waals surface area (Å²) < 4.78 is 13.3. The summed E-state index contributed by atoms with van der Waals surface area (Å²) in [4.78, 5) is 11.9. The van der Waals surface area contributed by atoms with Crippen LogP contribution in [0.3, 0.4) is 0 Å². The van der Waals surface area contributed by atoms with E-state index in [9.17, 15) is 14.3 Å². The number of carbonyl (C=O) groups is 1. The Hall–Kier alpha value is -0.940. The minimum atomic E-state index is -0.655. The van der Waals surface area contributed by atoms with E-state index in [0.29, 0.717) is 12.0 Å². The predicted octanol–water partition coefficient (Wildman–Crippen LogP) is 2.48. The van der Waals surface area contributed by atoms with Gasteiger partial charge in [0.1, 0.15) is 5.82 Å². The van der Waals surface area contributed by atoms with E-state index in [0.717, 1.165) is 0 Å². The molecule has 1 atom stereocenters. The number of benzene rings is 1. The fraction of sp³-hybridized carbons (Fsp3) is 0.417. The maximum absolute atomic E-state index is 13.0. The van der Waals surface area contributed by atoms with E-state index in [4.69, 9.17) is 0 Å². The lowest BCUT2D eigenvalue weighted by Gasteiger charge is -2.27. The average Bonchev–Trinajstić information content (AvgIpc) is 2.32. The van der Waals surface area contributed by atoms with Gasteiger partial charge in [0.25, 0.3) is 5.91 Å². The highest BCUT2D eigenvalue weighted by Crippen LogP contribution is 2.17. The maximum Gasteiger partial charge on any atom is 0.251 e. The number of aliphatic hydroxyl groups is 1. The molecule has 0 unspecified atom stereocenters. The lowest BCUT2D eigenvalue weighted by atomic mass is 9.99. The number of halogens is 2. The Kier molecular flexibility index (Phi) is 4.65. The molecule has 0 radical (unpaired) electrons. The van der Waals surface area contributed by atoms with E-state index in [1.54, 1.807) is 6.92 Å². The zero-order valence-corrected chi connectivity index (χ0v) is 11.3. The van der Waals surface area contributed by atoms with Crippen molar-refractivity contribution in [2.75, 3.05) is 6.61 Å². The minimum Gasteiger partial charge on any atom is -0.394 e. The second kappa shape index (κ2) is 5.60. The molecule has 0 spiro atoms. The number of aliphatic hydroxyl groups excluding tert-OH is 1. The Morgan fingerprint density at radius 3 is 2.71 bits per heavy atom. The van der Waals surface area contributed by atoms with E-state index >= 15 is 0 Å². The van der Waals surface area contributed by atoms with Crippen LogP contribution in [0.4, 0.5) is 4.39 Å². The van der Waals surface area contributed by atoms with Gasteiger partial charge in [-0.15, -0.1) is 0 Å². The van der Waals surface area contributed by atoms with Crippen molar-refractivity contribution < 1.29 is 14.3 Å². The highest BCUT2D eigenvalue weighted by atomic mass is 79.9. The van der Waals surface area contributed by atoms with E-state index in [1.807, 2.05) is 6.92 Å². The lowest BCUT2D eigenvalue weighted by molar-refractivity contribution is 0.0847.